The number of hydrogen-bond acceptors (Lipinski definition) is 4. The molecule has 104 valence electrons. The molecule has 4 nitrogen and oxygen atoms in total. The minimum atomic E-state index is 0.253. The first-order chi connectivity index (χ1) is 9.28. The quantitative estimate of drug-likeness (QED) is 0.865. The summed E-state index contributed by atoms with van der Waals surface area (Å²) < 4.78 is 0.882. The minimum absolute atomic E-state index is 0.253. The molecule has 5 heteroatoms. The Morgan fingerprint density at radius 2 is 2.11 bits per heavy atom. The van der Waals surface area contributed by atoms with Crippen LogP contribution in [0.15, 0.2) is 10.7 Å². The van der Waals surface area contributed by atoms with Crippen LogP contribution in [-0.4, -0.2) is 34.3 Å². The standard InChI is InChI=1S/C14H20BrN3O/c15-12-9-13(17-14(16-12)10-4-5-10)18-7-2-1-3-11(18)6-8-19/h9-11,19H,1-8H2. The first kappa shape index (κ1) is 13.3. The number of rotatable bonds is 4. The second-order valence-corrected chi connectivity index (χ2v) is 6.35. The monoisotopic (exact) mass is 325 g/mol. The van der Waals surface area contributed by atoms with Gasteiger partial charge < -0.3 is 10.0 Å². The topological polar surface area (TPSA) is 49.2 Å². The molecule has 1 atom stereocenters. The van der Waals surface area contributed by atoms with Gasteiger partial charge >= 0.3 is 0 Å². The number of hydrogen-bond donors (Lipinski definition) is 1. The van der Waals surface area contributed by atoms with Gasteiger partial charge in [0.05, 0.1) is 0 Å². The van der Waals surface area contributed by atoms with Crippen molar-refractivity contribution in [3.63, 3.8) is 0 Å². The second-order valence-electron chi connectivity index (χ2n) is 5.54. The molecule has 2 aliphatic rings. The SMILES string of the molecule is OCCC1CCCCN1c1cc(Br)nc(C2CC2)n1. The van der Waals surface area contributed by atoms with E-state index in [1.807, 2.05) is 6.07 Å². The fourth-order valence-electron chi connectivity index (χ4n) is 2.85. The van der Waals surface area contributed by atoms with Crippen molar-refractivity contribution < 1.29 is 5.11 Å². The highest BCUT2D eigenvalue weighted by Gasteiger charge is 2.29. The summed E-state index contributed by atoms with van der Waals surface area (Å²) in [4.78, 5) is 11.6. The summed E-state index contributed by atoms with van der Waals surface area (Å²) in [6.45, 7) is 1.29. The van der Waals surface area contributed by atoms with E-state index in [0.717, 1.165) is 35.6 Å². The summed E-state index contributed by atoms with van der Waals surface area (Å²) >= 11 is 3.51. The van der Waals surface area contributed by atoms with E-state index in [-0.39, 0.29) is 6.61 Å². The Morgan fingerprint density at radius 1 is 1.26 bits per heavy atom. The lowest BCUT2D eigenvalue weighted by atomic mass is 10.00. The average Bonchev–Trinajstić information content (AvgIpc) is 3.23. The fourth-order valence-corrected chi connectivity index (χ4v) is 3.23. The van der Waals surface area contributed by atoms with Crippen molar-refractivity contribution in [2.45, 2.75) is 50.5 Å². The van der Waals surface area contributed by atoms with E-state index in [2.05, 4.69) is 25.8 Å². The molecule has 3 rings (SSSR count). The molecule has 1 aliphatic carbocycles. The van der Waals surface area contributed by atoms with Gasteiger partial charge in [-0.1, -0.05) is 0 Å². The minimum Gasteiger partial charge on any atom is -0.396 e. The zero-order valence-electron chi connectivity index (χ0n) is 11.1. The van der Waals surface area contributed by atoms with Gasteiger partial charge in [-0.3, -0.25) is 0 Å². The van der Waals surface area contributed by atoms with Crippen LogP contribution in [0.25, 0.3) is 0 Å². The largest absolute Gasteiger partial charge is 0.396 e. The van der Waals surface area contributed by atoms with Crippen LogP contribution in [0.1, 0.15) is 50.3 Å². The Balaban J connectivity index is 1.86. The van der Waals surface area contributed by atoms with E-state index >= 15 is 0 Å². The van der Waals surface area contributed by atoms with Gasteiger partial charge in [-0.2, -0.15) is 0 Å². The summed E-state index contributed by atoms with van der Waals surface area (Å²) in [6, 6.07) is 2.44. The van der Waals surface area contributed by atoms with E-state index in [9.17, 15) is 5.11 Å². The van der Waals surface area contributed by atoms with E-state index in [1.54, 1.807) is 0 Å². The highest BCUT2D eigenvalue weighted by atomic mass is 79.9. The number of halogens is 1. The Kier molecular flexibility index (Phi) is 4.03. The Morgan fingerprint density at radius 3 is 2.84 bits per heavy atom. The number of aliphatic hydroxyl groups excluding tert-OH is 1. The van der Waals surface area contributed by atoms with Crippen LogP contribution in [0.5, 0.6) is 0 Å². The molecule has 0 radical (unpaired) electrons. The number of nitrogens with zero attached hydrogens (tertiary/aromatic N) is 3. The Bertz CT molecular complexity index is 448. The van der Waals surface area contributed by atoms with Gasteiger partial charge in [-0.05, 0) is 54.5 Å². The molecule has 1 saturated heterocycles. The molecule has 1 aromatic rings. The third-order valence-corrected chi connectivity index (χ3v) is 4.43. The molecule has 1 aliphatic heterocycles. The van der Waals surface area contributed by atoms with Crippen LogP contribution in [0, 0.1) is 0 Å². The van der Waals surface area contributed by atoms with Crippen LogP contribution in [0.4, 0.5) is 5.82 Å². The van der Waals surface area contributed by atoms with Crippen LogP contribution < -0.4 is 4.90 Å². The van der Waals surface area contributed by atoms with Gasteiger partial charge in [0.2, 0.25) is 0 Å². The predicted molar refractivity (Wildman–Crippen MR) is 78.4 cm³/mol. The van der Waals surface area contributed by atoms with E-state index in [1.165, 1.54) is 25.7 Å². The van der Waals surface area contributed by atoms with E-state index in [0.29, 0.717) is 12.0 Å². The molecule has 2 heterocycles. The number of aromatic nitrogens is 2. The second kappa shape index (κ2) is 5.75. The van der Waals surface area contributed by atoms with Crippen molar-refractivity contribution >= 4 is 21.7 Å². The maximum absolute atomic E-state index is 9.22. The number of piperidine rings is 1. The van der Waals surface area contributed by atoms with Gasteiger partial charge in [0.15, 0.2) is 0 Å². The fraction of sp³-hybridized carbons (Fsp3) is 0.714. The molecule has 0 bridgehead atoms. The Hall–Kier alpha value is -0.680. The molecule has 1 aromatic heterocycles. The zero-order valence-corrected chi connectivity index (χ0v) is 12.6. The summed E-state index contributed by atoms with van der Waals surface area (Å²) in [5, 5.41) is 9.22. The van der Waals surface area contributed by atoms with Crippen LogP contribution in [0.2, 0.25) is 0 Å². The lowest BCUT2D eigenvalue weighted by Crippen LogP contribution is -2.40. The Labute approximate surface area is 122 Å². The molecule has 1 N–H and O–H groups in total. The predicted octanol–water partition coefficient (Wildman–Crippen LogP) is 2.86. The third-order valence-electron chi connectivity index (χ3n) is 4.02. The number of anilines is 1. The van der Waals surface area contributed by atoms with Crippen molar-refractivity contribution in [3.8, 4) is 0 Å². The van der Waals surface area contributed by atoms with Gasteiger partial charge in [-0.15, -0.1) is 0 Å². The van der Waals surface area contributed by atoms with Gasteiger partial charge in [0, 0.05) is 31.2 Å². The average molecular weight is 326 g/mol. The van der Waals surface area contributed by atoms with Gasteiger partial charge in [-0.25, -0.2) is 9.97 Å². The highest BCUT2D eigenvalue weighted by Crippen LogP contribution is 2.39. The summed E-state index contributed by atoms with van der Waals surface area (Å²) in [5.41, 5.74) is 0. The molecule has 0 spiro atoms. The van der Waals surface area contributed by atoms with Crippen LogP contribution in [-0.2, 0) is 0 Å². The molecule has 1 unspecified atom stereocenters. The van der Waals surface area contributed by atoms with E-state index < -0.39 is 0 Å². The normalized spacial score (nSPS) is 23.7. The molecular weight excluding hydrogens is 306 g/mol. The van der Waals surface area contributed by atoms with Crippen LogP contribution >= 0.6 is 15.9 Å². The first-order valence-electron chi connectivity index (χ1n) is 7.20. The van der Waals surface area contributed by atoms with Crippen molar-refractivity contribution in [2.24, 2.45) is 0 Å². The van der Waals surface area contributed by atoms with Crippen molar-refractivity contribution in [1.82, 2.24) is 9.97 Å². The molecule has 0 amide bonds. The van der Waals surface area contributed by atoms with Crippen molar-refractivity contribution in [1.29, 1.82) is 0 Å². The summed E-state index contributed by atoms with van der Waals surface area (Å²) in [7, 11) is 0. The summed E-state index contributed by atoms with van der Waals surface area (Å²) in [6.07, 6.45) is 6.89. The molecular formula is C14H20BrN3O. The van der Waals surface area contributed by atoms with Crippen molar-refractivity contribution in [3.05, 3.63) is 16.5 Å². The van der Waals surface area contributed by atoms with Gasteiger partial charge in [0.25, 0.3) is 0 Å². The number of aliphatic hydroxyl groups is 1. The van der Waals surface area contributed by atoms with Gasteiger partial charge in [0.1, 0.15) is 16.2 Å². The smallest absolute Gasteiger partial charge is 0.135 e. The maximum atomic E-state index is 9.22. The highest BCUT2D eigenvalue weighted by molar-refractivity contribution is 9.10. The van der Waals surface area contributed by atoms with E-state index in [4.69, 9.17) is 4.98 Å². The third kappa shape index (κ3) is 3.08. The molecule has 1 saturated carbocycles. The molecule has 2 fully saturated rings. The zero-order chi connectivity index (χ0) is 13.2. The molecule has 0 aromatic carbocycles. The van der Waals surface area contributed by atoms with Crippen molar-refractivity contribution in [2.75, 3.05) is 18.1 Å². The summed E-state index contributed by atoms with van der Waals surface area (Å²) in [5.74, 6) is 2.58. The first-order valence-corrected chi connectivity index (χ1v) is 7.99. The lowest BCUT2D eigenvalue weighted by molar-refractivity contribution is 0.262. The van der Waals surface area contributed by atoms with Crippen LogP contribution in [0.3, 0.4) is 0 Å². The maximum Gasteiger partial charge on any atom is 0.135 e. The lowest BCUT2D eigenvalue weighted by Gasteiger charge is -2.36. The molecule has 19 heavy (non-hydrogen) atoms.